The molecule has 2 saturated heterocycles. The number of phenols is 1. The number of aromatic nitrogens is 3. The van der Waals surface area contributed by atoms with Gasteiger partial charge in [0.25, 0.3) is 0 Å². The van der Waals surface area contributed by atoms with Gasteiger partial charge in [0, 0.05) is 26.2 Å². The molecular formula is C19H24BrN7O3. The molecule has 1 aromatic carbocycles. The SMILES string of the molecule is COc1cc(/C=N/Nc2nc(N3CCCC3)nc(N3CCOCC3)n2)cc(Br)c1O. The summed E-state index contributed by atoms with van der Waals surface area (Å²) in [5.41, 5.74) is 3.65. The Kier molecular flexibility index (Phi) is 6.48. The summed E-state index contributed by atoms with van der Waals surface area (Å²) in [7, 11) is 1.50. The number of halogens is 1. The van der Waals surface area contributed by atoms with E-state index in [0.29, 0.717) is 41.3 Å². The number of benzene rings is 1. The van der Waals surface area contributed by atoms with Crippen molar-refractivity contribution < 1.29 is 14.6 Å². The lowest BCUT2D eigenvalue weighted by molar-refractivity contribution is 0.122. The van der Waals surface area contributed by atoms with E-state index in [2.05, 4.69) is 51.2 Å². The summed E-state index contributed by atoms with van der Waals surface area (Å²) < 4.78 is 11.1. The minimum atomic E-state index is 0.0467. The Balaban J connectivity index is 1.56. The van der Waals surface area contributed by atoms with Crippen LogP contribution in [0.2, 0.25) is 0 Å². The molecule has 0 saturated carbocycles. The highest BCUT2D eigenvalue weighted by Crippen LogP contribution is 2.34. The minimum Gasteiger partial charge on any atom is -0.503 e. The Hall–Kier alpha value is -2.66. The number of morpholine rings is 1. The second-order valence-corrected chi connectivity index (χ2v) is 7.83. The summed E-state index contributed by atoms with van der Waals surface area (Å²) in [5.74, 6) is 2.08. The standard InChI is InChI=1S/C19H24BrN7O3/c1-29-15-11-13(10-14(20)16(15)28)12-21-25-17-22-18(26-4-2-3-5-26)24-19(23-17)27-6-8-30-9-7-27/h10-12,28H,2-9H2,1H3,(H,22,23,24,25)/b21-12+. The Bertz CT molecular complexity index is 915. The lowest BCUT2D eigenvalue weighted by Gasteiger charge is -2.27. The monoisotopic (exact) mass is 477 g/mol. The Labute approximate surface area is 183 Å². The molecule has 160 valence electrons. The third kappa shape index (κ3) is 4.73. The largest absolute Gasteiger partial charge is 0.503 e. The van der Waals surface area contributed by atoms with E-state index >= 15 is 0 Å². The molecule has 2 aromatic rings. The van der Waals surface area contributed by atoms with E-state index in [1.54, 1.807) is 18.3 Å². The van der Waals surface area contributed by atoms with Gasteiger partial charge in [-0.05, 0) is 46.5 Å². The number of nitrogens with one attached hydrogen (secondary N) is 1. The fourth-order valence-corrected chi connectivity index (χ4v) is 3.82. The smallest absolute Gasteiger partial charge is 0.250 e. The van der Waals surface area contributed by atoms with Crippen LogP contribution in [0.3, 0.4) is 0 Å². The fraction of sp³-hybridized carbons (Fsp3) is 0.474. The van der Waals surface area contributed by atoms with Crippen molar-refractivity contribution in [2.24, 2.45) is 5.10 Å². The maximum atomic E-state index is 9.94. The molecule has 10 nitrogen and oxygen atoms in total. The number of hydrogen-bond donors (Lipinski definition) is 2. The first-order valence-corrected chi connectivity index (χ1v) is 10.6. The summed E-state index contributed by atoms with van der Waals surface area (Å²) in [5, 5.41) is 14.2. The molecule has 11 heteroatoms. The van der Waals surface area contributed by atoms with E-state index in [-0.39, 0.29) is 5.75 Å². The lowest BCUT2D eigenvalue weighted by Crippen LogP contribution is -2.38. The zero-order valence-corrected chi connectivity index (χ0v) is 18.3. The molecule has 2 aliphatic rings. The van der Waals surface area contributed by atoms with Gasteiger partial charge in [-0.3, -0.25) is 0 Å². The zero-order valence-electron chi connectivity index (χ0n) is 16.7. The predicted octanol–water partition coefficient (Wildman–Crippen LogP) is 2.23. The molecule has 4 rings (SSSR count). The summed E-state index contributed by atoms with van der Waals surface area (Å²) in [4.78, 5) is 18.1. The van der Waals surface area contributed by atoms with E-state index in [0.717, 1.165) is 44.6 Å². The number of rotatable bonds is 6. The molecule has 1 aromatic heterocycles. The number of hydrogen-bond acceptors (Lipinski definition) is 10. The van der Waals surface area contributed by atoms with Gasteiger partial charge in [0.05, 0.1) is 31.0 Å². The van der Waals surface area contributed by atoms with Crippen LogP contribution in [0.25, 0.3) is 0 Å². The van der Waals surface area contributed by atoms with Crippen LogP contribution >= 0.6 is 15.9 Å². The molecule has 30 heavy (non-hydrogen) atoms. The van der Waals surface area contributed by atoms with E-state index in [1.165, 1.54) is 7.11 Å². The van der Waals surface area contributed by atoms with Crippen LogP contribution in [0.1, 0.15) is 18.4 Å². The second-order valence-electron chi connectivity index (χ2n) is 6.98. The first-order chi connectivity index (χ1) is 14.6. The molecule has 2 N–H and O–H groups in total. The van der Waals surface area contributed by atoms with Crippen molar-refractivity contribution in [2.45, 2.75) is 12.8 Å². The van der Waals surface area contributed by atoms with Gasteiger partial charge in [0.1, 0.15) is 0 Å². The average molecular weight is 478 g/mol. The van der Waals surface area contributed by atoms with Crippen LogP contribution in [0.5, 0.6) is 11.5 Å². The molecule has 3 heterocycles. The molecule has 2 aliphatic heterocycles. The number of phenolic OH excluding ortho intramolecular Hbond substituents is 1. The van der Waals surface area contributed by atoms with Gasteiger partial charge in [-0.2, -0.15) is 20.1 Å². The van der Waals surface area contributed by atoms with Gasteiger partial charge in [-0.1, -0.05) is 0 Å². The van der Waals surface area contributed by atoms with Gasteiger partial charge in [-0.15, -0.1) is 0 Å². The van der Waals surface area contributed by atoms with E-state index in [4.69, 9.17) is 9.47 Å². The van der Waals surface area contributed by atoms with Crippen molar-refractivity contribution in [3.8, 4) is 11.5 Å². The first kappa shape index (κ1) is 20.6. The van der Waals surface area contributed by atoms with Crippen molar-refractivity contribution in [1.29, 1.82) is 0 Å². The highest BCUT2D eigenvalue weighted by Gasteiger charge is 2.21. The predicted molar refractivity (Wildman–Crippen MR) is 118 cm³/mol. The van der Waals surface area contributed by atoms with Crippen LogP contribution in [0.4, 0.5) is 17.8 Å². The molecule has 0 aliphatic carbocycles. The van der Waals surface area contributed by atoms with E-state index in [1.807, 2.05) is 0 Å². The second kappa shape index (κ2) is 9.43. The van der Waals surface area contributed by atoms with Crippen molar-refractivity contribution in [1.82, 2.24) is 15.0 Å². The molecule has 0 unspecified atom stereocenters. The van der Waals surface area contributed by atoms with Gasteiger partial charge in [0.2, 0.25) is 17.8 Å². The Morgan fingerprint density at radius 1 is 1.10 bits per heavy atom. The third-order valence-corrected chi connectivity index (χ3v) is 5.55. The number of hydrazone groups is 1. The maximum absolute atomic E-state index is 9.94. The van der Waals surface area contributed by atoms with E-state index < -0.39 is 0 Å². The van der Waals surface area contributed by atoms with Crippen LogP contribution in [0.15, 0.2) is 21.7 Å². The Morgan fingerprint density at radius 3 is 2.43 bits per heavy atom. The van der Waals surface area contributed by atoms with Crippen molar-refractivity contribution >= 4 is 40.0 Å². The molecule has 0 radical (unpaired) electrons. The quantitative estimate of drug-likeness (QED) is 0.477. The van der Waals surface area contributed by atoms with Crippen molar-refractivity contribution in [2.75, 3.05) is 61.7 Å². The zero-order chi connectivity index (χ0) is 20.9. The van der Waals surface area contributed by atoms with Crippen molar-refractivity contribution in [3.05, 3.63) is 22.2 Å². The molecular weight excluding hydrogens is 454 g/mol. The highest BCUT2D eigenvalue weighted by atomic mass is 79.9. The summed E-state index contributed by atoms with van der Waals surface area (Å²) in [6, 6.07) is 3.43. The molecule has 2 fully saturated rings. The first-order valence-electron chi connectivity index (χ1n) is 9.83. The molecule has 0 atom stereocenters. The minimum absolute atomic E-state index is 0.0467. The highest BCUT2D eigenvalue weighted by molar-refractivity contribution is 9.10. The fourth-order valence-electron chi connectivity index (χ4n) is 3.36. The van der Waals surface area contributed by atoms with E-state index in [9.17, 15) is 5.11 Å². The van der Waals surface area contributed by atoms with Crippen LogP contribution < -0.4 is 20.0 Å². The summed E-state index contributed by atoms with van der Waals surface area (Å²) in [6.07, 6.45) is 3.88. The molecule has 0 bridgehead atoms. The van der Waals surface area contributed by atoms with Gasteiger partial charge < -0.3 is 24.4 Å². The summed E-state index contributed by atoms with van der Waals surface area (Å²) in [6.45, 7) is 4.68. The average Bonchev–Trinajstić information content (AvgIpc) is 3.31. The number of anilines is 3. The molecule has 0 amide bonds. The Morgan fingerprint density at radius 2 is 1.77 bits per heavy atom. The lowest BCUT2D eigenvalue weighted by atomic mass is 10.2. The van der Waals surface area contributed by atoms with Crippen molar-refractivity contribution in [3.63, 3.8) is 0 Å². The number of ether oxygens (including phenoxy) is 2. The third-order valence-electron chi connectivity index (χ3n) is 4.94. The number of methoxy groups -OCH3 is 1. The number of nitrogens with zero attached hydrogens (tertiary/aromatic N) is 6. The molecule has 0 spiro atoms. The van der Waals surface area contributed by atoms with Crippen LogP contribution in [0, 0.1) is 0 Å². The summed E-state index contributed by atoms with van der Waals surface area (Å²) >= 11 is 3.31. The van der Waals surface area contributed by atoms with Crippen LogP contribution in [-0.2, 0) is 4.74 Å². The van der Waals surface area contributed by atoms with Gasteiger partial charge in [-0.25, -0.2) is 5.43 Å². The van der Waals surface area contributed by atoms with Gasteiger partial charge >= 0.3 is 0 Å². The maximum Gasteiger partial charge on any atom is 0.250 e. The normalized spacial score (nSPS) is 17.0. The topological polar surface area (TPSA) is 108 Å². The van der Waals surface area contributed by atoms with Gasteiger partial charge in [0.15, 0.2) is 11.5 Å². The van der Waals surface area contributed by atoms with Crippen LogP contribution in [-0.4, -0.2) is 72.8 Å². The number of aromatic hydroxyl groups is 1.